The summed E-state index contributed by atoms with van der Waals surface area (Å²) >= 11 is 0. The maximum atomic E-state index is 13.8. The van der Waals surface area contributed by atoms with Gasteiger partial charge in [0.05, 0.1) is 17.6 Å². The highest BCUT2D eigenvalue weighted by Crippen LogP contribution is 2.37. The molecule has 0 spiro atoms. The molecule has 2 N–H and O–H groups in total. The van der Waals surface area contributed by atoms with Gasteiger partial charge in [0.1, 0.15) is 5.69 Å². The number of nitrogens with one attached hydrogen (secondary N) is 2. The largest absolute Gasteiger partial charge is 0.340 e. The maximum Gasteiger partial charge on any atom is 0.258 e. The van der Waals surface area contributed by atoms with Crippen LogP contribution in [0.15, 0.2) is 122 Å². The van der Waals surface area contributed by atoms with Gasteiger partial charge < -0.3 is 15.2 Å². The second kappa shape index (κ2) is 12.3. The van der Waals surface area contributed by atoms with Gasteiger partial charge in [-0.3, -0.25) is 14.6 Å². The summed E-state index contributed by atoms with van der Waals surface area (Å²) in [5, 5.41) is 2.98. The molecule has 3 heterocycles. The Morgan fingerprint density at radius 3 is 2.30 bits per heavy atom. The number of hydrogen-bond acceptors (Lipinski definition) is 5. The Hall–Kier alpha value is -5.60. The van der Waals surface area contributed by atoms with E-state index < -0.39 is 0 Å². The summed E-state index contributed by atoms with van der Waals surface area (Å²) in [6, 6.07) is 32.1. The van der Waals surface area contributed by atoms with E-state index in [0.717, 1.165) is 33.8 Å². The van der Waals surface area contributed by atoms with Crippen molar-refractivity contribution in [2.75, 3.05) is 16.8 Å². The van der Waals surface area contributed by atoms with Crippen LogP contribution in [0.2, 0.25) is 0 Å². The number of rotatable bonds is 5. The molecule has 44 heavy (non-hydrogen) atoms. The zero-order chi connectivity index (χ0) is 29.2. The summed E-state index contributed by atoms with van der Waals surface area (Å²) in [4.78, 5) is 45.6. The van der Waals surface area contributed by atoms with Gasteiger partial charge in [-0.1, -0.05) is 66.7 Å². The fourth-order valence-corrected chi connectivity index (χ4v) is 5.42. The van der Waals surface area contributed by atoms with Crippen LogP contribution < -0.4 is 10.2 Å². The molecule has 8 nitrogen and oxygen atoms in total. The summed E-state index contributed by atoms with van der Waals surface area (Å²) in [5.41, 5.74) is 7.61. The molecule has 6 aromatic rings. The van der Waals surface area contributed by atoms with Crippen LogP contribution in [0.1, 0.15) is 26.4 Å². The summed E-state index contributed by atoms with van der Waals surface area (Å²) < 4.78 is 0. The van der Waals surface area contributed by atoms with E-state index >= 15 is 0 Å². The number of halogens is 1. The van der Waals surface area contributed by atoms with Gasteiger partial charge in [0.15, 0.2) is 5.82 Å². The molecule has 0 unspecified atom stereocenters. The molecule has 4 aromatic carbocycles. The molecular formula is C35H27ClN6O2. The molecule has 0 radical (unpaired) electrons. The minimum absolute atomic E-state index is 0. The number of carbonyl (C=O) groups excluding carboxylic acids is 2. The van der Waals surface area contributed by atoms with Crippen LogP contribution >= 0.6 is 12.4 Å². The van der Waals surface area contributed by atoms with Crippen molar-refractivity contribution in [3.63, 3.8) is 0 Å². The van der Waals surface area contributed by atoms with Crippen molar-refractivity contribution in [1.29, 1.82) is 0 Å². The third-order valence-corrected chi connectivity index (χ3v) is 7.51. The highest BCUT2D eigenvalue weighted by Gasteiger charge is 2.27. The van der Waals surface area contributed by atoms with Crippen LogP contribution in [0.5, 0.6) is 0 Å². The number of benzene rings is 4. The molecule has 0 bridgehead atoms. The minimum Gasteiger partial charge on any atom is -0.340 e. The number of amides is 2. The maximum absolute atomic E-state index is 13.8. The Kier molecular flexibility index (Phi) is 7.99. The molecule has 216 valence electrons. The molecule has 0 saturated heterocycles. The fraction of sp³-hybridized carbons (Fsp3) is 0.0571. The number of aromatic amines is 1. The standard InChI is InChI=1S/C35H26N6O2.ClH/c42-34(27-11-5-4-10-26(27)23-8-2-1-3-9-23)38-25-16-14-24(15-17-25)35(43)41-21-18-29-32(28-12-6-7-13-31(28)41)40-33(39-29)30-22-36-19-20-37-30;/h1-17,19-20,22H,18,21H2,(H,38,42)(H,39,40);1H. The quantitative estimate of drug-likeness (QED) is 0.221. The minimum atomic E-state index is -0.213. The summed E-state index contributed by atoms with van der Waals surface area (Å²) in [6.07, 6.45) is 5.53. The number of imidazole rings is 1. The van der Waals surface area contributed by atoms with E-state index in [4.69, 9.17) is 4.98 Å². The first-order valence-corrected chi connectivity index (χ1v) is 14.0. The molecule has 7 rings (SSSR count). The third kappa shape index (κ3) is 5.46. The Morgan fingerprint density at radius 2 is 1.52 bits per heavy atom. The number of nitrogens with zero attached hydrogens (tertiary/aromatic N) is 4. The number of H-pyrrole nitrogens is 1. The van der Waals surface area contributed by atoms with Gasteiger partial charge in [0.2, 0.25) is 0 Å². The predicted octanol–water partition coefficient (Wildman–Crippen LogP) is 7.08. The van der Waals surface area contributed by atoms with Gasteiger partial charge in [-0.15, -0.1) is 12.4 Å². The lowest BCUT2D eigenvalue weighted by atomic mass is 9.99. The van der Waals surface area contributed by atoms with E-state index in [1.165, 1.54) is 0 Å². The average molecular weight is 599 g/mol. The smallest absolute Gasteiger partial charge is 0.258 e. The Bertz CT molecular complexity index is 1940. The third-order valence-electron chi connectivity index (χ3n) is 7.51. The van der Waals surface area contributed by atoms with Crippen molar-refractivity contribution in [2.45, 2.75) is 6.42 Å². The Balaban J connectivity index is 0.00000343. The van der Waals surface area contributed by atoms with Crippen LogP contribution in [-0.4, -0.2) is 38.3 Å². The first-order valence-electron chi connectivity index (χ1n) is 14.0. The van der Waals surface area contributed by atoms with E-state index in [-0.39, 0.29) is 24.2 Å². The lowest BCUT2D eigenvalue weighted by molar-refractivity contribution is 0.0986. The van der Waals surface area contributed by atoms with Crippen molar-refractivity contribution < 1.29 is 9.59 Å². The molecule has 0 atom stereocenters. The molecule has 1 aliphatic rings. The molecule has 1 aliphatic heterocycles. The van der Waals surface area contributed by atoms with Crippen LogP contribution in [0.3, 0.4) is 0 Å². The van der Waals surface area contributed by atoms with Gasteiger partial charge >= 0.3 is 0 Å². The zero-order valence-corrected chi connectivity index (χ0v) is 24.3. The van der Waals surface area contributed by atoms with Crippen LogP contribution in [-0.2, 0) is 6.42 Å². The average Bonchev–Trinajstić information content (AvgIpc) is 3.44. The fourth-order valence-electron chi connectivity index (χ4n) is 5.42. The normalized spacial score (nSPS) is 11.9. The molecule has 9 heteroatoms. The molecule has 0 aliphatic carbocycles. The first kappa shape index (κ1) is 28.5. The second-order valence-electron chi connectivity index (χ2n) is 10.2. The van der Waals surface area contributed by atoms with E-state index in [1.807, 2.05) is 78.9 Å². The number of anilines is 2. The van der Waals surface area contributed by atoms with Crippen molar-refractivity contribution in [2.24, 2.45) is 0 Å². The van der Waals surface area contributed by atoms with E-state index in [0.29, 0.717) is 41.3 Å². The molecular weight excluding hydrogens is 572 g/mol. The summed E-state index contributed by atoms with van der Waals surface area (Å²) in [5.74, 6) is 0.310. The number of para-hydroxylation sites is 1. The van der Waals surface area contributed by atoms with Gasteiger partial charge in [0, 0.05) is 53.4 Å². The van der Waals surface area contributed by atoms with Crippen LogP contribution in [0, 0.1) is 0 Å². The molecule has 2 aromatic heterocycles. The Labute approximate surface area is 260 Å². The second-order valence-corrected chi connectivity index (χ2v) is 10.2. The molecule has 0 saturated carbocycles. The highest BCUT2D eigenvalue weighted by atomic mass is 35.5. The van der Waals surface area contributed by atoms with Gasteiger partial charge in [-0.25, -0.2) is 9.97 Å². The van der Waals surface area contributed by atoms with Gasteiger partial charge in [0.25, 0.3) is 11.8 Å². The number of hydrogen-bond donors (Lipinski definition) is 2. The van der Waals surface area contributed by atoms with Gasteiger partial charge in [-0.2, -0.15) is 0 Å². The number of fused-ring (bicyclic) bond motifs is 3. The topological polar surface area (TPSA) is 104 Å². The summed E-state index contributed by atoms with van der Waals surface area (Å²) in [7, 11) is 0. The van der Waals surface area contributed by atoms with Crippen molar-refractivity contribution in [3.8, 4) is 33.9 Å². The van der Waals surface area contributed by atoms with Gasteiger partial charge in [-0.05, 0) is 47.5 Å². The van der Waals surface area contributed by atoms with E-state index in [9.17, 15) is 9.59 Å². The van der Waals surface area contributed by atoms with Crippen molar-refractivity contribution in [1.82, 2.24) is 19.9 Å². The lowest BCUT2D eigenvalue weighted by Gasteiger charge is -2.23. The number of aromatic nitrogens is 4. The van der Waals surface area contributed by atoms with E-state index in [2.05, 4.69) is 20.3 Å². The number of carbonyl (C=O) groups is 2. The highest BCUT2D eigenvalue weighted by molar-refractivity contribution is 6.10. The molecule has 0 fully saturated rings. The van der Waals surface area contributed by atoms with Crippen molar-refractivity contribution >= 4 is 35.6 Å². The summed E-state index contributed by atoms with van der Waals surface area (Å²) in [6.45, 7) is 0.472. The zero-order valence-electron chi connectivity index (χ0n) is 23.5. The molecule has 2 amide bonds. The SMILES string of the molecule is Cl.O=C(Nc1ccc(C(=O)N2CCc3[nH]c(-c4cnccn4)nc3-c3ccccc32)cc1)c1ccccc1-c1ccccc1. The first-order chi connectivity index (χ1) is 21.2. The lowest BCUT2D eigenvalue weighted by Crippen LogP contribution is -2.32. The van der Waals surface area contributed by atoms with E-state index in [1.54, 1.807) is 47.8 Å². The predicted molar refractivity (Wildman–Crippen MR) is 174 cm³/mol. The Morgan fingerprint density at radius 1 is 0.795 bits per heavy atom. The monoisotopic (exact) mass is 598 g/mol. The van der Waals surface area contributed by atoms with Crippen LogP contribution in [0.4, 0.5) is 11.4 Å². The van der Waals surface area contributed by atoms with Crippen LogP contribution in [0.25, 0.3) is 33.9 Å². The van der Waals surface area contributed by atoms with Crippen molar-refractivity contribution in [3.05, 3.63) is 139 Å².